The summed E-state index contributed by atoms with van der Waals surface area (Å²) in [6, 6.07) is 28.0. The third-order valence-corrected chi connectivity index (χ3v) is 12.5. The van der Waals surface area contributed by atoms with Crippen LogP contribution in [-0.4, -0.2) is 140 Å². The van der Waals surface area contributed by atoms with E-state index >= 15 is 0 Å². The Morgan fingerprint density at radius 2 is 0.836 bits per heavy atom. The van der Waals surface area contributed by atoms with Gasteiger partial charge in [-0.1, -0.05) is 36.4 Å². The number of pyridine rings is 2. The Morgan fingerprint density at radius 3 is 1.11 bits per heavy atom. The Labute approximate surface area is 430 Å². The van der Waals surface area contributed by atoms with Crippen molar-refractivity contribution < 1.29 is 64.8 Å². The number of carboxylic acid groups (broad SMARTS) is 4. The Kier molecular flexibility index (Phi) is 25.6. The molecule has 17 nitrogen and oxygen atoms in total. The highest BCUT2D eigenvalue weighted by molar-refractivity contribution is 5.90. The molecule has 2 aromatic heterocycles. The fourth-order valence-corrected chi connectivity index (χ4v) is 9.19. The van der Waals surface area contributed by atoms with E-state index < -0.39 is 36.1 Å². The van der Waals surface area contributed by atoms with Crippen LogP contribution in [0.1, 0.15) is 116 Å². The topological polar surface area (TPSA) is 272 Å². The molecule has 0 amide bonds. The third-order valence-electron chi connectivity index (χ3n) is 12.5. The number of piperidine rings is 2. The number of β-amino-alcohol motifs (C(OH)–C–C–N with tert-alkyl or cyclic N) is 2. The lowest BCUT2D eigenvalue weighted by Crippen LogP contribution is -2.60. The lowest BCUT2D eigenvalue weighted by molar-refractivity contribution is -0.134. The molecule has 8 N–H and O–H groups in total. The summed E-state index contributed by atoms with van der Waals surface area (Å²) in [5.41, 5.74) is 4.80. The van der Waals surface area contributed by atoms with Gasteiger partial charge in [-0.25, -0.2) is 19.2 Å². The van der Waals surface area contributed by atoms with Crippen LogP contribution < -0.4 is 9.47 Å². The van der Waals surface area contributed by atoms with Crippen LogP contribution in [0, 0.1) is 0 Å². The molecule has 4 heterocycles. The number of hydrogen-bond acceptors (Lipinski definition) is 12. The minimum Gasteiger partial charge on any atom is -0.491 e. The number of rotatable bonds is 18. The number of nitrogens with zero attached hydrogens (tertiary/aromatic N) is 4. The van der Waals surface area contributed by atoms with Crippen molar-refractivity contribution in [3.63, 3.8) is 0 Å². The highest BCUT2D eigenvalue weighted by Crippen LogP contribution is 2.39. The van der Waals surface area contributed by atoms with E-state index in [4.69, 9.17) is 29.9 Å². The van der Waals surface area contributed by atoms with Crippen LogP contribution in [0.4, 0.5) is 0 Å². The van der Waals surface area contributed by atoms with Crippen molar-refractivity contribution in [2.45, 2.75) is 141 Å². The molecule has 2 fully saturated rings. The number of hydrogen-bond donors (Lipinski definition) is 6. The minimum atomic E-state index is -1.26. The maximum absolute atomic E-state index is 10.7. The SMILES string of the molecule is CC1(C)CCCC(C)(C)N1CC(O)COc1cccc(Cc2ccccn2)c1.CC1(C)CCCC(C)(C)N1CC(O)COc1cccc(Cc2ccccn2)c1.O.O=C(O)C=CC(=O)O.O=C(O)C=CC(=O)O. The number of aliphatic hydroxyl groups is 2. The number of aliphatic carboxylic acids is 4. The summed E-state index contributed by atoms with van der Waals surface area (Å²) in [5, 5.41) is 52.6. The van der Waals surface area contributed by atoms with Gasteiger partial charge < -0.3 is 45.6 Å². The van der Waals surface area contributed by atoms with Gasteiger partial charge in [0.15, 0.2) is 0 Å². The summed E-state index contributed by atoms with van der Waals surface area (Å²) in [5.74, 6) is -3.44. The van der Waals surface area contributed by atoms with E-state index in [2.05, 4.69) is 87.3 Å². The Hall–Kier alpha value is -6.50. The average Bonchev–Trinajstić information content (AvgIpc) is 3.30. The number of aromatic nitrogens is 2. The van der Waals surface area contributed by atoms with E-state index in [0.717, 1.165) is 46.9 Å². The van der Waals surface area contributed by atoms with Gasteiger partial charge >= 0.3 is 23.9 Å². The van der Waals surface area contributed by atoms with E-state index in [1.54, 1.807) is 0 Å². The van der Waals surface area contributed by atoms with Crippen molar-refractivity contribution in [1.82, 2.24) is 19.8 Å². The molecule has 0 spiro atoms. The lowest BCUT2D eigenvalue weighted by atomic mass is 9.79. The van der Waals surface area contributed by atoms with E-state index in [0.29, 0.717) is 50.6 Å². The van der Waals surface area contributed by atoms with Crippen LogP contribution in [-0.2, 0) is 32.0 Å². The van der Waals surface area contributed by atoms with Gasteiger partial charge in [-0.2, -0.15) is 0 Å². The Morgan fingerprint density at radius 1 is 0.521 bits per heavy atom. The number of ether oxygens (including phenoxy) is 2. The van der Waals surface area contributed by atoms with Crippen LogP contribution in [0.25, 0.3) is 0 Å². The first-order valence-electron chi connectivity index (χ1n) is 24.2. The zero-order valence-electron chi connectivity index (χ0n) is 43.6. The van der Waals surface area contributed by atoms with Gasteiger partial charge in [-0.05, 0) is 154 Å². The monoisotopic (exact) mass is 1010 g/mol. The van der Waals surface area contributed by atoms with Gasteiger partial charge in [0.25, 0.3) is 0 Å². The van der Waals surface area contributed by atoms with Gasteiger partial charge in [-0.15, -0.1) is 0 Å². The zero-order chi connectivity index (χ0) is 53.5. The molecule has 2 saturated heterocycles. The van der Waals surface area contributed by atoms with Gasteiger partial charge in [0, 0.05) is 96.2 Å². The summed E-state index contributed by atoms with van der Waals surface area (Å²) in [7, 11) is 0. The summed E-state index contributed by atoms with van der Waals surface area (Å²) in [6.07, 6.45) is 13.5. The quantitative estimate of drug-likeness (QED) is 0.0526. The molecular formula is C56H78N4O13. The van der Waals surface area contributed by atoms with Crippen LogP contribution in [0.15, 0.2) is 122 Å². The molecule has 0 aliphatic carbocycles. The second-order valence-corrected chi connectivity index (χ2v) is 20.4. The first-order valence-corrected chi connectivity index (χ1v) is 24.2. The zero-order valence-corrected chi connectivity index (χ0v) is 43.6. The van der Waals surface area contributed by atoms with Gasteiger partial charge in [-0.3, -0.25) is 19.8 Å². The van der Waals surface area contributed by atoms with E-state index in [-0.39, 0.29) is 27.6 Å². The Balaban J connectivity index is 0.000000382. The molecule has 2 unspecified atom stereocenters. The van der Waals surface area contributed by atoms with Crippen molar-refractivity contribution in [2.75, 3.05) is 26.3 Å². The molecule has 17 heteroatoms. The lowest BCUT2D eigenvalue weighted by Gasteiger charge is -2.53. The summed E-state index contributed by atoms with van der Waals surface area (Å²) in [6.45, 7) is 20.1. The third kappa shape index (κ3) is 23.7. The molecule has 4 aromatic rings. The van der Waals surface area contributed by atoms with Crippen molar-refractivity contribution in [2.24, 2.45) is 0 Å². The molecule has 0 bridgehead atoms. The molecule has 2 aliphatic heterocycles. The fraction of sp³-hybridized carbons (Fsp3) is 0.464. The van der Waals surface area contributed by atoms with Crippen LogP contribution in [0.2, 0.25) is 0 Å². The molecule has 2 aliphatic rings. The highest BCUT2D eigenvalue weighted by Gasteiger charge is 2.43. The molecule has 2 aromatic carbocycles. The van der Waals surface area contributed by atoms with Gasteiger partial charge in [0.1, 0.15) is 36.9 Å². The number of likely N-dealkylation sites (tertiary alicyclic amines) is 2. The first-order chi connectivity index (χ1) is 33.8. The number of aliphatic hydroxyl groups excluding tert-OH is 2. The number of carbonyl (C=O) groups is 4. The van der Waals surface area contributed by atoms with E-state index in [9.17, 15) is 29.4 Å². The predicted octanol–water partition coefficient (Wildman–Crippen LogP) is 7.51. The fourth-order valence-electron chi connectivity index (χ4n) is 9.19. The number of benzene rings is 2. The second-order valence-electron chi connectivity index (χ2n) is 20.4. The molecule has 2 atom stereocenters. The smallest absolute Gasteiger partial charge is 0.328 e. The van der Waals surface area contributed by atoms with Crippen molar-refractivity contribution in [3.8, 4) is 11.5 Å². The summed E-state index contributed by atoms with van der Waals surface area (Å²) < 4.78 is 11.9. The molecule has 73 heavy (non-hydrogen) atoms. The molecule has 0 saturated carbocycles. The normalized spacial score (nSPS) is 17.3. The molecular weight excluding hydrogens is 937 g/mol. The first kappa shape index (κ1) is 62.6. The van der Waals surface area contributed by atoms with Gasteiger partial charge in [0.2, 0.25) is 0 Å². The summed E-state index contributed by atoms with van der Waals surface area (Å²) >= 11 is 0. The standard InChI is InChI=1S/2C24H34N2O2.2C4H4O4.H2O/c2*1-23(2)12-8-13-24(3,4)26(23)17-21(27)18-28-22-11-7-9-19(16-22)15-20-10-5-6-14-25-20;2*5-3(6)1-2-4(7)8;/h2*5-7,9-11,14,16,21,27H,8,12-13,15,17-18H2,1-4H3;2*1-2H,(H,5,6)(H,7,8);1H2. The van der Waals surface area contributed by atoms with Crippen LogP contribution in [0.5, 0.6) is 11.5 Å². The Bertz CT molecular complexity index is 2140. The van der Waals surface area contributed by atoms with Crippen molar-refractivity contribution in [1.29, 1.82) is 0 Å². The summed E-state index contributed by atoms with van der Waals surface area (Å²) in [4.78, 5) is 51.9. The second kappa shape index (κ2) is 29.9. The van der Waals surface area contributed by atoms with Crippen LogP contribution >= 0.6 is 0 Å². The van der Waals surface area contributed by atoms with E-state index in [1.807, 2.05) is 85.2 Å². The number of carboxylic acids is 4. The predicted molar refractivity (Wildman–Crippen MR) is 280 cm³/mol. The molecule has 400 valence electrons. The maximum atomic E-state index is 10.7. The molecule has 0 radical (unpaired) electrons. The maximum Gasteiger partial charge on any atom is 0.328 e. The highest BCUT2D eigenvalue weighted by atomic mass is 16.5. The van der Waals surface area contributed by atoms with E-state index in [1.165, 1.54) is 38.5 Å². The van der Waals surface area contributed by atoms with Crippen molar-refractivity contribution >= 4 is 23.9 Å². The largest absolute Gasteiger partial charge is 0.491 e. The average molecular weight is 1020 g/mol. The molecule has 6 rings (SSSR count). The minimum absolute atomic E-state index is 0. The van der Waals surface area contributed by atoms with Crippen LogP contribution in [0.3, 0.4) is 0 Å². The van der Waals surface area contributed by atoms with Gasteiger partial charge in [0.05, 0.1) is 0 Å². The van der Waals surface area contributed by atoms with Crippen molar-refractivity contribution in [3.05, 3.63) is 144 Å².